The SMILES string of the molecule is CCNCc1ccc(S(=O)(=O)N2CCN(C)CC2C)o1. The van der Waals surface area contributed by atoms with Gasteiger partial charge < -0.3 is 14.6 Å². The first-order chi connectivity index (χ1) is 9.45. The summed E-state index contributed by atoms with van der Waals surface area (Å²) in [5.41, 5.74) is 0. The molecule has 7 heteroatoms. The molecule has 20 heavy (non-hydrogen) atoms. The van der Waals surface area contributed by atoms with Crippen LogP contribution in [0.25, 0.3) is 0 Å². The smallest absolute Gasteiger partial charge is 0.276 e. The fourth-order valence-corrected chi connectivity index (χ4v) is 3.98. The van der Waals surface area contributed by atoms with Gasteiger partial charge >= 0.3 is 0 Å². The van der Waals surface area contributed by atoms with E-state index in [9.17, 15) is 8.42 Å². The lowest BCUT2D eigenvalue weighted by molar-refractivity contribution is 0.168. The summed E-state index contributed by atoms with van der Waals surface area (Å²) in [5, 5.41) is 3.16. The van der Waals surface area contributed by atoms with Gasteiger partial charge in [0.2, 0.25) is 5.09 Å². The third kappa shape index (κ3) is 3.22. The summed E-state index contributed by atoms with van der Waals surface area (Å²) in [6, 6.07) is 3.23. The number of hydrogen-bond acceptors (Lipinski definition) is 5. The van der Waals surface area contributed by atoms with Crippen LogP contribution in [0.15, 0.2) is 21.6 Å². The molecule has 1 aliphatic heterocycles. The molecule has 2 rings (SSSR count). The van der Waals surface area contributed by atoms with Crippen LogP contribution in [0.1, 0.15) is 19.6 Å². The number of rotatable bonds is 5. The Bertz CT molecular complexity index is 541. The fourth-order valence-electron chi connectivity index (χ4n) is 2.44. The predicted molar refractivity (Wildman–Crippen MR) is 76.9 cm³/mol. The van der Waals surface area contributed by atoms with Crippen LogP contribution in [0.4, 0.5) is 0 Å². The van der Waals surface area contributed by atoms with Crippen molar-refractivity contribution in [3.05, 3.63) is 17.9 Å². The Labute approximate surface area is 120 Å². The molecule has 1 N–H and O–H groups in total. The first kappa shape index (κ1) is 15.5. The second-order valence-electron chi connectivity index (χ2n) is 5.23. The van der Waals surface area contributed by atoms with Gasteiger partial charge in [-0.2, -0.15) is 4.31 Å². The maximum absolute atomic E-state index is 12.6. The van der Waals surface area contributed by atoms with Gasteiger partial charge in [0.1, 0.15) is 5.76 Å². The van der Waals surface area contributed by atoms with Crippen molar-refractivity contribution in [1.29, 1.82) is 0 Å². The van der Waals surface area contributed by atoms with Crippen LogP contribution < -0.4 is 5.32 Å². The number of nitrogens with zero attached hydrogens (tertiary/aromatic N) is 2. The first-order valence-corrected chi connectivity index (χ1v) is 8.39. The molecule has 0 spiro atoms. The molecule has 1 aromatic heterocycles. The van der Waals surface area contributed by atoms with E-state index in [1.54, 1.807) is 12.1 Å². The predicted octanol–water partition coefficient (Wildman–Crippen LogP) is 0.714. The highest BCUT2D eigenvalue weighted by Crippen LogP contribution is 2.22. The zero-order valence-corrected chi connectivity index (χ0v) is 13.1. The minimum Gasteiger partial charge on any atom is -0.447 e. The topological polar surface area (TPSA) is 65.8 Å². The van der Waals surface area contributed by atoms with Crippen LogP contribution >= 0.6 is 0 Å². The normalized spacial score (nSPS) is 22.2. The second-order valence-corrected chi connectivity index (χ2v) is 7.05. The highest BCUT2D eigenvalue weighted by Gasteiger charge is 2.34. The van der Waals surface area contributed by atoms with E-state index in [0.29, 0.717) is 18.8 Å². The highest BCUT2D eigenvalue weighted by molar-refractivity contribution is 7.89. The van der Waals surface area contributed by atoms with Gasteiger partial charge in [-0.05, 0) is 32.6 Å². The monoisotopic (exact) mass is 301 g/mol. The van der Waals surface area contributed by atoms with E-state index >= 15 is 0 Å². The minimum absolute atomic E-state index is 0.0407. The van der Waals surface area contributed by atoms with Gasteiger partial charge in [-0.15, -0.1) is 0 Å². The Hall–Kier alpha value is -0.890. The summed E-state index contributed by atoms with van der Waals surface area (Å²) in [6.07, 6.45) is 0. The van der Waals surface area contributed by atoms with Crippen LogP contribution in [-0.2, 0) is 16.6 Å². The van der Waals surface area contributed by atoms with Gasteiger partial charge in [0.25, 0.3) is 10.0 Å². The maximum atomic E-state index is 12.6. The van der Waals surface area contributed by atoms with Crippen LogP contribution in [0, 0.1) is 0 Å². The molecule has 1 aliphatic rings. The Kier molecular flexibility index (Phi) is 4.85. The van der Waals surface area contributed by atoms with Crippen LogP contribution in [-0.4, -0.2) is 56.9 Å². The Morgan fingerprint density at radius 3 is 2.80 bits per heavy atom. The third-order valence-electron chi connectivity index (χ3n) is 3.52. The van der Waals surface area contributed by atoms with Crippen molar-refractivity contribution in [3.63, 3.8) is 0 Å². The number of hydrogen-bond donors (Lipinski definition) is 1. The molecule has 1 aromatic rings. The molecule has 1 fully saturated rings. The van der Waals surface area contributed by atoms with Gasteiger partial charge in [-0.3, -0.25) is 0 Å². The van der Waals surface area contributed by atoms with E-state index in [1.165, 1.54) is 4.31 Å². The summed E-state index contributed by atoms with van der Waals surface area (Å²) in [4.78, 5) is 2.13. The Morgan fingerprint density at radius 2 is 2.15 bits per heavy atom. The maximum Gasteiger partial charge on any atom is 0.276 e. The van der Waals surface area contributed by atoms with Gasteiger partial charge in [-0.25, -0.2) is 8.42 Å². The molecule has 0 bridgehead atoms. The molecule has 6 nitrogen and oxygen atoms in total. The highest BCUT2D eigenvalue weighted by atomic mass is 32.2. The molecule has 0 aliphatic carbocycles. The molecule has 0 radical (unpaired) electrons. The van der Waals surface area contributed by atoms with E-state index < -0.39 is 10.0 Å². The minimum atomic E-state index is -3.53. The summed E-state index contributed by atoms with van der Waals surface area (Å²) < 4.78 is 32.2. The van der Waals surface area contributed by atoms with Crippen molar-refractivity contribution >= 4 is 10.0 Å². The average Bonchev–Trinajstić information content (AvgIpc) is 2.85. The Morgan fingerprint density at radius 1 is 1.40 bits per heavy atom. The van der Waals surface area contributed by atoms with Crippen molar-refractivity contribution in [1.82, 2.24) is 14.5 Å². The third-order valence-corrected chi connectivity index (χ3v) is 5.41. The van der Waals surface area contributed by atoms with Crippen molar-refractivity contribution in [2.24, 2.45) is 0 Å². The van der Waals surface area contributed by atoms with E-state index in [4.69, 9.17) is 4.42 Å². The average molecular weight is 301 g/mol. The zero-order chi connectivity index (χ0) is 14.8. The lowest BCUT2D eigenvalue weighted by Crippen LogP contribution is -2.52. The molecule has 0 saturated carbocycles. The van der Waals surface area contributed by atoms with Gasteiger partial charge in [0.05, 0.1) is 6.54 Å². The quantitative estimate of drug-likeness (QED) is 0.868. The molecule has 2 heterocycles. The lowest BCUT2D eigenvalue weighted by atomic mass is 10.2. The van der Waals surface area contributed by atoms with E-state index in [0.717, 1.165) is 19.6 Å². The molecule has 114 valence electrons. The van der Waals surface area contributed by atoms with E-state index in [2.05, 4.69) is 10.2 Å². The number of likely N-dealkylation sites (N-methyl/N-ethyl adjacent to an activating group) is 1. The molecular formula is C13H23N3O3S. The molecule has 1 atom stereocenters. The largest absolute Gasteiger partial charge is 0.447 e. The van der Waals surface area contributed by atoms with Crippen LogP contribution in [0.3, 0.4) is 0 Å². The number of furan rings is 1. The molecule has 1 unspecified atom stereocenters. The van der Waals surface area contributed by atoms with E-state index in [-0.39, 0.29) is 11.1 Å². The zero-order valence-electron chi connectivity index (χ0n) is 12.3. The summed E-state index contributed by atoms with van der Waals surface area (Å²) in [6.45, 7) is 7.27. The van der Waals surface area contributed by atoms with Crippen molar-refractivity contribution in [2.45, 2.75) is 31.5 Å². The van der Waals surface area contributed by atoms with Crippen molar-refractivity contribution in [2.75, 3.05) is 33.2 Å². The summed E-state index contributed by atoms with van der Waals surface area (Å²) >= 11 is 0. The number of sulfonamides is 1. The van der Waals surface area contributed by atoms with Gasteiger partial charge in [0, 0.05) is 25.7 Å². The van der Waals surface area contributed by atoms with Gasteiger partial charge in [0.15, 0.2) is 0 Å². The van der Waals surface area contributed by atoms with Crippen LogP contribution in [0.5, 0.6) is 0 Å². The summed E-state index contributed by atoms with van der Waals surface area (Å²) in [7, 11) is -1.52. The number of piperazine rings is 1. The summed E-state index contributed by atoms with van der Waals surface area (Å²) in [5.74, 6) is 0.646. The second kappa shape index (κ2) is 6.26. The molecule has 1 saturated heterocycles. The Balaban J connectivity index is 2.15. The molecule has 0 aromatic carbocycles. The van der Waals surface area contributed by atoms with Crippen molar-refractivity contribution < 1.29 is 12.8 Å². The molecule has 0 amide bonds. The fraction of sp³-hybridized carbons (Fsp3) is 0.692. The van der Waals surface area contributed by atoms with Crippen molar-refractivity contribution in [3.8, 4) is 0 Å². The van der Waals surface area contributed by atoms with Crippen LogP contribution in [0.2, 0.25) is 0 Å². The molecular weight excluding hydrogens is 278 g/mol. The van der Waals surface area contributed by atoms with E-state index in [1.807, 2.05) is 20.9 Å². The number of nitrogens with one attached hydrogen (secondary N) is 1. The van der Waals surface area contributed by atoms with Gasteiger partial charge in [-0.1, -0.05) is 6.92 Å². The standard InChI is InChI=1S/C13H23N3O3S/c1-4-14-9-12-5-6-13(19-12)20(17,18)16-8-7-15(3)10-11(16)2/h5-6,11,14H,4,7-10H2,1-3H3. The lowest BCUT2D eigenvalue weighted by Gasteiger charge is -2.36. The first-order valence-electron chi connectivity index (χ1n) is 6.95.